The monoisotopic (exact) mass is 242 g/mol. The average Bonchev–Trinajstić information content (AvgIpc) is 2.35. The zero-order valence-electron chi connectivity index (χ0n) is 10.4. The molecule has 1 atom stereocenters. The minimum atomic E-state index is -0.469. The molecular weight excluding hydrogens is 228 g/mol. The molecule has 18 heavy (non-hydrogen) atoms. The van der Waals surface area contributed by atoms with Gasteiger partial charge in [0.15, 0.2) is 0 Å². The molecule has 3 rings (SSSR count). The number of ether oxygens (including phenoxy) is 1. The van der Waals surface area contributed by atoms with Crippen molar-refractivity contribution in [1.29, 1.82) is 0 Å². The van der Waals surface area contributed by atoms with Crippen LogP contribution in [0, 0.1) is 5.92 Å². The van der Waals surface area contributed by atoms with Gasteiger partial charge in [0.2, 0.25) is 11.6 Å². The van der Waals surface area contributed by atoms with Gasteiger partial charge in [0.1, 0.15) is 11.4 Å². The molecule has 1 unspecified atom stereocenters. The number of carbonyl (C=O) groups is 2. The highest BCUT2D eigenvalue weighted by atomic mass is 16.5. The molecule has 3 nitrogen and oxygen atoms in total. The van der Waals surface area contributed by atoms with Crippen LogP contribution in [0.1, 0.15) is 20.3 Å². The molecule has 0 spiro atoms. The Morgan fingerprint density at radius 2 is 2.06 bits per heavy atom. The number of hydrogen-bond donors (Lipinski definition) is 0. The lowest BCUT2D eigenvalue weighted by molar-refractivity contribution is -0.136. The molecule has 0 saturated carbocycles. The lowest BCUT2D eigenvalue weighted by atomic mass is 9.78. The lowest BCUT2D eigenvalue weighted by Crippen LogP contribution is -2.38. The van der Waals surface area contributed by atoms with Crippen molar-refractivity contribution in [2.24, 2.45) is 5.92 Å². The molecule has 1 heterocycles. The van der Waals surface area contributed by atoms with Crippen LogP contribution >= 0.6 is 0 Å². The minimum absolute atomic E-state index is 0.327. The van der Waals surface area contributed by atoms with Gasteiger partial charge in [-0.05, 0) is 13.8 Å². The Bertz CT molecular complexity index is 571. The van der Waals surface area contributed by atoms with Gasteiger partial charge < -0.3 is 4.74 Å². The summed E-state index contributed by atoms with van der Waals surface area (Å²) in [6.07, 6.45) is 9.74. The van der Waals surface area contributed by atoms with Crippen molar-refractivity contribution in [2.45, 2.75) is 25.9 Å². The molecule has 0 aromatic carbocycles. The summed E-state index contributed by atoms with van der Waals surface area (Å²) in [4.78, 5) is 24.0. The molecule has 0 bridgehead atoms. The van der Waals surface area contributed by atoms with Gasteiger partial charge in [-0.2, -0.15) is 0 Å². The van der Waals surface area contributed by atoms with E-state index in [2.05, 4.69) is 0 Å². The van der Waals surface area contributed by atoms with Crippen LogP contribution in [0.5, 0.6) is 0 Å². The van der Waals surface area contributed by atoms with Crippen molar-refractivity contribution in [3.05, 3.63) is 47.3 Å². The second kappa shape index (κ2) is 3.55. The maximum Gasteiger partial charge on any atom is 0.232 e. The molecular formula is C15H14O3. The van der Waals surface area contributed by atoms with Gasteiger partial charge >= 0.3 is 0 Å². The first-order chi connectivity index (χ1) is 8.49. The first-order valence-electron chi connectivity index (χ1n) is 6.07. The molecule has 92 valence electrons. The number of rotatable bonds is 0. The maximum atomic E-state index is 12.0. The van der Waals surface area contributed by atoms with Gasteiger partial charge in [0.25, 0.3) is 0 Å². The third kappa shape index (κ3) is 1.50. The summed E-state index contributed by atoms with van der Waals surface area (Å²) in [6, 6.07) is 0. The Morgan fingerprint density at radius 3 is 2.83 bits per heavy atom. The topological polar surface area (TPSA) is 43.4 Å². The lowest BCUT2D eigenvalue weighted by Gasteiger charge is -2.36. The fraction of sp³-hybridized carbons (Fsp3) is 0.333. The molecule has 0 fully saturated rings. The van der Waals surface area contributed by atoms with Gasteiger partial charge in [0, 0.05) is 12.0 Å². The standard InChI is InChI=1S/C15H14O3/c1-15(2)8-7-11-13(17)12(16)9-5-3-4-6-10(9)14(11)18-15/h3-7,9H,8H2,1-2H3. The van der Waals surface area contributed by atoms with E-state index in [0.29, 0.717) is 17.8 Å². The summed E-state index contributed by atoms with van der Waals surface area (Å²) in [5.74, 6) is -0.664. The van der Waals surface area contributed by atoms with E-state index in [9.17, 15) is 9.59 Å². The van der Waals surface area contributed by atoms with Crippen molar-refractivity contribution in [2.75, 3.05) is 0 Å². The van der Waals surface area contributed by atoms with Crippen LogP contribution in [0.3, 0.4) is 0 Å². The van der Waals surface area contributed by atoms with Crippen LogP contribution < -0.4 is 0 Å². The SMILES string of the molecule is CC1(C)CC=C2C(=O)C(=O)C3C=CC=CC3=C2O1. The predicted octanol–water partition coefficient (Wildman–Crippen LogP) is 2.26. The summed E-state index contributed by atoms with van der Waals surface area (Å²) in [7, 11) is 0. The summed E-state index contributed by atoms with van der Waals surface area (Å²) >= 11 is 0. The molecule has 1 aliphatic heterocycles. The number of hydrogen-bond acceptors (Lipinski definition) is 3. The first-order valence-corrected chi connectivity index (χ1v) is 6.07. The third-order valence-electron chi connectivity index (χ3n) is 3.46. The number of ketones is 2. The number of carbonyl (C=O) groups excluding carboxylic acids is 2. The molecule has 0 radical (unpaired) electrons. The van der Waals surface area contributed by atoms with Gasteiger partial charge in [-0.15, -0.1) is 0 Å². The van der Waals surface area contributed by atoms with Crippen LogP contribution in [-0.4, -0.2) is 17.2 Å². The van der Waals surface area contributed by atoms with E-state index in [1.807, 2.05) is 32.1 Å². The Balaban J connectivity index is 2.21. The third-order valence-corrected chi connectivity index (χ3v) is 3.46. The van der Waals surface area contributed by atoms with Gasteiger partial charge in [-0.25, -0.2) is 0 Å². The summed E-state index contributed by atoms with van der Waals surface area (Å²) in [6.45, 7) is 3.96. The van der Waals surface area contributed by atoms with Crippen LogP contribution in [-0.2, 0) is 14.3 Å². The molecule has 0 aromatic heterocycles. The maximum absolute atomic E-state index is 12.0. The van der Waals surface area contributed by atoms with Crippen LogP contribution in [0.2, 0.25) is 0 Å². The fourth-order valence-corrected chi connectivity index (χ4v) is 2.49. The molecule has 0 amide bonds. The zero-order chi connectivity index (χ0) is 12.9. The van der Waals surface area contributed by atoms with E-state index in [1.165, 1.54) is 0 Å². The Kier molecular flexibility index (Phi) is 2.21. The van der Waals surface area contributed by atoms with E-state index in [0.717, 1.165) is 5.57 Å². The largest absolute Gasteiger partial charge is 0.486 e. The summed E-state index contributed by atoms with van der Waals surface area (Å²) in [5, 5.41) is 0. The minimum Gasteiger partial charge on any atom is -0.486 e. The Hall–Kier alpha value is -1.90. The first kappa shape index (κ1) is 11.2. The summed E-state index contributed by atoms with van der Waals surface area (Å²) in [5.41, 5.74) is 0.915. The van der Waals surface area contributed by atoms with E-state index in [1.54, 1.807) is 12.2 Å². The number of fused-ring (bicyclic) bond motifs is 2. The fourth-order valence-electron chi connectivity index (χ4n) is 2.49. The van der Waals surface area contributed by atoms with Crippen LogP contribution in [0.25, 0.3) is 0 Å². The van der Waals surface area contributed by atoms with Crippen molar-refractivity contribution >= 4 is 11.6 Å². The smallest absolute Gasteiger partial charge is 0.232 e. The normalized spacial score (nSPS) is 28.6. The second-order valence-electron chi connectivity index (χ2n) is 5.38. The van der Waals surface area contributed by atoms with Gasteiger partial charge in [-0.3, -0.25) is 9.59 Å². The molecule has 0 aromatic rings. The highest BCUT2D eigenvalue weighted by molar-refractivity contribution is 6.47. The number of allylic oxidation sites excluding steroid dienone is 6. The Morgan fingerprint density at radius 1 is 1.28 bits per heavy atom. The number of Topliss-reactive ketones (excluding diaryl/α,β-unsaturated/α-hetero) is 2. The molecule has 0 saturated heterocycles. The van der Waals surface area contributed by atoms with Crippen LogP contribution in [0.4, 0.5) is 0 Å². The van der Waals surface area contributed by atoms with E-state index >= 15 is 0 Å². The highest BCUT2D eigenvalue weighted by Gasteiger charge is 2.42. The second-order valence-corrected chi connectivity index (χ2v) is 5.38. The van der Waals surface area contributed by atoms with Gasteiger partial charge in [-0.1, -0.05) is 30.4 Å². The van der Waals surface area contributed by atoms with Gasteiger partial charge in [0.05, 0.1) is 11.5 Å². The van der Waals surface area contributed by atoms with Crippen molar-refractivity contribution in [3.63, 3.8) is 0 Å². The molecule has 2 aliphatic carbocycles. The van der Waals surface area contributed by atoms with E-state index in [4.69, 9.17) is 4.74 Å². The molecule has 0 N–H and O–H groups in total. The summed E-state index contributed by atoms with van der Waals surface area (Å²) < 4.78 is 5.92. The van der Waals surface area contributed by atoms with Crippen molar-refractivity contribution in [3.8, 4) is 0 Å². The quantitative estimate of drug-likeness (QED) is 0.612. The average molecular weight is 242 g/mol. The molecule has 3 heteroatoms. The van der Waals surface area contributed by atoms with Crippen molar-refractivity contribution in [1.82, 2.24) is 0 Å². The van der Waals surface area contributed by atoms with E-state index < -0.39 is 11.7 Å². The zero-order valence-corrected chi connectivity index (χ0v) is 10.4. The van der Waals surface area contributed by atoms with Crippen LogP contribution in [0.15, 0.2) is 47.3 Å². The molecule has 3 aliphatic rings. The van der Waals surface area contributed by atoms with Crippen molar-refractivity contribution < 1.29 is 14.3 Å². The Labute approximate surface area is 106 Å². The van der Waals surface area contributed by atoms with E-state index in [-0.39, 0.29) is 11.4 Å². The predicted molar refractivity (Wildman–Crippen MR) is 66.7 cm³/mol. The highest BCUT2D eigenvalue weighted by Crippen LogP contribution is 2.40.